The van der Waals surface area contributed by atoms with Crippen LogP contribution in [0.1, 0.15) is 46.0 Å². The predicted molar refractivity (Wildman–Crippen MR) is 74.0 cm³/mol. The number of hydrogen-bond donors (Lipinski definition) is 2. The molecular formula is C14H23F2N3O. The van der Waals surface area contributed by atoms with E-state index in [0.717, 1.165) is 13.1 Å². The molecule has 6 heteroatoms. The van der Waals surface area contributed by atoms with Crippen LogP contribution in [-0.4, -0.2) is 36.3 Å². The van der Waals surface area contributed by atoms with Gasteiger partial charge in [0.2, 0.25) is 5.92 Å². The smallest absolute Gasteiger partial charge is 0.253 e. The summed E-state index contributed by atoms with van der Waals surface area (Å²) in [6.45, 7) is 1.57. The van der Waals surface area contributed by atoms with Gasteiger partial charge in [-0.3, -0.25) is 9.79 Å². The third-order valence-corrected chi connectivity index (χ3v) is 4.53. The summed E-state index contributed by atoms with van der Waals surface area (Å²) in [4.78, 5) is 16.7. The molecule has 20 heavy (non-hydrogen) atoms. The summed E-state index contributed by atoms with van der Waals surface area (Å²) in [5.41, 5.74) is -0.624. The second-order valence-corrected chi connectivity index (χ2v) is 5.86. The second-order valence-electron chi connectivity index (χ2n) is 5.86. The first-order valence-corrected chi connectivity index (χ1v) is 7.01. The van der Waals surface area contributed by atoms with Gasteiger partial charge in [-0.25, -0.2) is 8.78 Å². The molecule has 1 spiro atoms. The monoisotopic (exact) mass is 287 g/mol. The Morgan fingerprint density at radius 1 is 1.10 bits per heavy atom. The lowest BCUT2D eigenvalue weighted by atomic mass is 9.86. The van der Waals surface area contributed by atoms with Gasteiger partial charge in [-0.15, -0.1) is 0 Å². The number of amidine groups is 1. The van der Waals surface area contributed by atoms with Gasteiger partial charge in [0.15, 0.2) is 0 Å². The number of hydrogen-bond acceptors (Lipinski definition) is 3. The first kappa shape index (κ1) is 15.4. The quantitative estimate of drug-likeness (QED) is 0.776. The maximum absolute atomic E-state index is 13.2. The van der Waals surface area contributed by atoms with Crippen LogP contribution in [0.3, 0.4) is 0 Å². The van der Waals surface area contributed by atoms with Crippen molar-refractivity contribution in [1.82, 2.24) is 10.6 Å². The lowest BCUT2D eigenvalue weighted by Gasteiger charge is -2.28. The lowest BCUT2D eigenvalue weighted by Crippen LogP contribution is -2.47. The van der Waals surface area contributed by atoms with Gasteiger partial charge in [-0.2, -0.15) is 0 Å². The van der Waals surface area contributed by atoms with Crippen molar-refractivity contribution in [3.8, 4) is 0 Å². The Labute approximate surface area is 118 Å². The van der Waals surface area contributed by atoms with E-state index >= 15 is 0 Å². The lowest BCUT2D eigenvalue weighted by molar-refractivity contribution is -0.124. The predicted octanol–water partition coefficient (Wildman–Crippen LogP) is 2.10. The number of carbonyl (C=O) groups is 1. The van der Waals surface area contributed by atoms with E-state index in [1.165, 1.54) is 0 Å². The van der Waals surface area contributed by atoms with Crippen LogP contribution >= 0.6 is 0 Å². The highest BCUT2D eigenvalue weighted by Gasteiger charge is 2.46. The van der Waals surface area contributed by atoms with E-state index < -0.39 is 11.5 Å². The molecule has 0 aromatic rings. The third-order valence-electron chi connectivity index (χ3n) is 4.53. The molecule has 0 aromatic heterocycles. The van der Waals surface area contributed by atoms with Crippen molar-refractivity contribution in [2.45, 2.75) is 57.4 Å². The molecule has 1 aliphatic carbocycles. The van der Waals surface area contributed by atoms with Crippen molar-refractivity contribution in [3.63, 3.8) is 0 Å². The van der Waals surface area contributed by atoms with Crippen molar-refractivity contribution >= 4 is 11.7 Å². The van der Waals surface area contributed by atoms with Crippen molar-refractivity contribution in [2.24, 2.45) is 10.9 Å². The molecule has 114 valence electrons. The topological polar surface area (TPSA) is 53.5 Å². The normalized spacial score (nSPS) is 28.7. The van der Waals surface area contributed by atoms with Crippen molar-refractivity contribution < 1.29 is 13.6 Å². The molecule has 0 radical (unpaired) electrons. The number of alkyl halides is 2. The summed E-state index contributed by atoms with van der Waals surface area (Å²) >= 11 is 0. The zero-order chi connectivity index (χ0) is 13.5. The summed E-state index contributed by atoms with van der Waals surface area (Å²) in [6.07, 6.45) is 2.04. The van der Waals surface area contributed by atoms with E-state index in [4.69, 9.17) is 0 Å². The van der Waals surface area contributed by atoms with Crippen LogP contribution in [0.5, 0.6) is 0 Å². The molecule has 0 aromatic carbocycles. The molecule has 2 heterocycles. The molecule has 2 aliphatic heterocycles. The van der Waals surface area contributed by atoms with E-state index in [1.54, 1.807) is 0 Å². The minimum Gasteiger partial charge on any atom is -0.317 e. The first-order chi connectivity index (χ1) is 9.01. The summed E-state index contributed by atoms with van der Waals surface area (Å²) in [5.74, 6) is -1.92. The Morgan fingerprint density at radius 2 is 1.70 bits per heavy atom. The van der Waals surface area contributed by atoms with Crippen molar-refractivity contribution in [1.29, 1.82) is 0 Å². The zero-order valence-electron chi connectivity index (χ0n) is 10.8. The van der Waals surface area contributed by atoms with Gasteiger partial charge in [0.05, 0.1) is 0 Å². The largest absolute Gasteiger partial charge is 0.317 e. The number of nitrogens with one attached hydrogen (secondary N) is 2. The van der Waals surface area contributed by atoms with E-state index in [-0.39, 0.29) is 32.1 Å². The van der Waals surface area contributed by atoms with Crippen LogP contribution in [0.15, 0.2) is 4.99 Å². The molecule has 1 saturated heterocycles. The zero-order valence-corrected chi connectivity index (χ0v) is 10.8. The molecule has 2 N–H and O–H groups in total. The minimum atomic E-state index is -2.54. The number of aliphatic imine (C=N–C) groups is 1. The fraction of sp³-hybridized carbons (Fsp3) is 0.857. The van der Waals surface area contributed by atoms with Crippen LogP contribution in [0.4, 0.5) is 8.78 Å². The Bertz CT molecular complexity index is 407. The van der Waals surface area contributed by atoms with Gasteiger partial charge in [0, 0.05) is 18.8 Å². The number of carbonyl (C=O) groups excluding carboxylic acids is 1. The Morgan fingerprint density at radius 3 is 2.30 bits per heavy atom. The third kappa shape index (κ3) is 2.71. The molecule has 3 aliphatic rings. The average molecular weight is 287 g/mol. The molecule has 0 unspecified atom stereocenters. The molecule has 1 saturated carbocycles. The van der Waals surface area contributed by atoms with Crippen LogP contribution in [0.2, 0.25) is 0 Å². The summed E-state index contributed by atoms with van der Waals surface area (Å²) in [7, 11) is 0. The van der Waals surface area contributed by atoms with E-state index in [1.807, 2.05) is 0 Å². The molecule has 0 atom stereocenters. The number of halogens is 2. The minimum absolute atomic E-state index is 0. The fourth-order valence-corrected chi connectivity index (χ4v) is 3.23. The van der Waals surface area contributed by atoms with Crippen molar-refractivity contribution in [2.75, 3.05) is 13.1 Å². The van der Waals surface area contributed by atoms with E-state index in [2.05, 4.69) is 15.6 Å². The maximum Gasteiger partial charge on any atom is 0.253 e. The average Bonchev–Trinajstić information content (AvgIpc) is 2.68. The molecule has 2 fully saturated rings. The van der Waals surface area contributed by atoms with E-state index in [9.17, 15) is 13.6 Å². The highest BCUT2D eigenvalue weighted by molar-refractivity contribution is 6.09. The summed E-state index contributed by atoms with van der Waals surface area (Å²) < 4.78 is 26.3. The maximum atomic E-state index is 13.2. The summed E-state index contributed by atoms with van der Waals surface area (Å²) in [6, 6.07) is 0. The van der Waals surface area contributed by atoms with Crippen LogP contribution in [-0.2, 0) is 4.79 Å². The van der Waals surface area contributed by atoms with E-state index in [0.29, 0.717) is 31.5 Å². The number of rotatable bonds is 1. The van der Waals surface area contributed by atoms with Gasteiger partial charge < -0.3 is 10.6 Å². The first-order valence-electron chi connectivity index (χ1n) is 7.01. The standard InChI is InChI=1S/C13H19F2N3O.CH4/c14-13(15)3-1-9(2-4-13)10-17-11(19)12(18-10)5-7-16-8-6-12;/h9,16H,1-8H2,(H,17,18,19);1H4. The molecule has 4 nitrogen and oxygen atoms in total. The molecular weight excluding hydrogens is 264 g/mol. The highest BCUT2D eigenvalue weighted by Crippen LogP contribution is 2.38. The Balaban J connectivity index is 0.00000147. The van der Waals surface area contributed by atoms with Crippen molar-refractivity contribution in [3.05, 3.63) is 0 Å². The van der Waals surface area contributed by atoms with Crippen LogP contribution < -0.4 is 10.6 Å². The van der Waals surface area contributed by atoms with Gasteiger partial charge in [0.25, 0.3) is 5.91 Å². The second kappa shape index (κ2) is 5.39. The fourth-order valence-electron chi connectivity index (χ4n) is 3.23. The molecule has 1 amide bonds. The SMILES string of the molecule is C.O=C1NC(C2CCC(F)(F)CC2)=NC12CCNCC2. The van der Waals surface area contributed by atoms with Gasteiger partial charge in [-0.1, -0.05) is 7.43 Å². The van der Waals surface area contributed by atoms with Gasteiger partial charge in [0.1, 0.15) is 11.4 Å². The number of piperidine rings is 1. The molecule has 3 rings (SSSR count). The van der Waals surface area contributed by atoms with Gasteiger partial charge in [-0.05, 0) is 38.8 Å². The Kier molecular flexibility index (Phi) is 4.14. The number of nitrogens with zero attached hydrogens (tertiary/aromatic N) is 1. The Hall–Kier alpha value is -1.04. The highest BCUT2D eigenvalue weighted by atomic mass is 19.3. The van der Waals surface area contributed by atoms with Gasteiger partial charge >= 0.3 is 0 Å². The van der Waals surface area contributed by atoms with Crippen LogP contribution in [0, 0.1) is 5.92 Å². The summed E-state index contributed by atoms with van der Waals surface area (Å²) in [5, 5.41) is 6.06. The molecule has 0 bridgehead atoms. The number of amides is 1. The van der Waals surface area contributed by atoms with Crippen LogP contribution in [0.25, 0.3) is 0 Å².